The molecule has 0 radical (unpaired) electrons. The SMILES string of the molecule is CCCCCCCCCCCCOCCCNC(C)C(=O)O. The lowest BCUT2D eigenvalue weighted by Gasteiger charge is -2.09. The van der Waals surface area contributed by atoms with Gasteiger partial charge in [0.15, 0.2) is 0 Å². The Morgan fingerprint density at radius 2 is 1.41 bits per heavy atom. The Morgan fingerprint density at radius 3 is 1.95 bits per heavy atom. The monoisotopic (exact) mass is 315 g/mol. The fourth-order valence-electron chi connectivity index (χ4n) is 2.37. The molecule has 4 nitrogen and oxygen atoms in total. The van der Waals surface area contributed by atoms with Gasteiger partial charge in [-0.3, -0.25) is 4.79 Å². The molecule has 0 heterocycles. The molecule has 0 aromatic carbocycles. The summed E-state index contributed by atoms with van der Waals surface area (Å²) in [7, 11) is 0. The lowest BCUT2D eigenvalue weighted by atomic mass is 10.1. The molecule has 0 rings (SSSR count). The van der Waals surface area contributed by atoms with Crippen LogP contribution in [0, 0.1) is 0 Å². The van der Waals surface area contributed by atoms with E-state index in [1.54, 1.807) is 6.92 Å². The topological polar surface area (TPSA) is 58.6 Å². The molecule has 0 aliphatic carbocycles. The minimum atomic E-state index is -0.800. The summed E-state index contributed by atoms with van der Waals surface area (Å²) in [5, 5.41) is 11.6. The van der Waals surface area contributed by atoms with E-state index in [-0.39, 0.29) is 0 Å². The number of hydrogen-bond acceptors (Lipinski definition) is 3. The molecule has 132 valence electrons. The smallest absolute Gasteiger partial charge is 0.320 e. The van der Waals surface area contributed by atoms with Crippen LogP contribution in [0.3, 0.4) is 0 Å². The predicted molar refractivity (Wildman–Crippen MR) is 92.4 cm³/mol. The molecule has 0 spiro atoms. The van der Waals surface area contributed by atoms with Crippen molar-refractivity contribution in [3.05, 3.63) is 0 Å². The van der Waals surface area contributed by atoms with Gasteiger partial charge in [-0.15, -0.1) is 0 Å². The van der Waals surface area contributed by atoms with E-state index in [0.29, 0.717) is 6.54 Å². The van der Waals surface area contributed by atoms with Crippen molar-refractivity contribution in [3.8, 4) is 0 Å². The Bertz CT molecular complexity index is 246. The van der Waals surface area contributed by atoms with Crippen LogP contribution in [-0.2, 0) is 9.53 Å². The number of unbranched alkanes of at least 4 members (excludes halogenated alkanes) is 9. The van der Waals surface area contributed by atoms with Crippen molar-refractivity contribution in [1.29, 1.82) is 0 Å². The molecule has 0 aliphatic rings. The van der Waals surface area contributed by atoms with Gasteiger partial charge >= 0.3 is 5.97 Å². The zero-order valence-corrected chi connectivity index (χ0v) is 14.7. The highest BCUT2D eigenvalue weighted by atomic mass is 16.5. The van der Waals surface area contributed by atoms with Crippen LogP contribution in [0.15, 0.2) is 0 Å². The Hall–Kier alpha value is -0.610. The summed E-state index contributed by atoms with van der Waals surface area (Å²) in [5.41, 5.74) is 0. The third-order valence-corrected chi connectivity index (χ3v) is 3.93. The standard InChI is InChI=1S/C18H37NO3/c1-3-4-5-6-7-8-9-10-11-12-15-22-16-13-14-19-17(2)18(20)21/h17,19H,3-16H2,1-2H3,(H,20,21). The van der Waals surface area contributed by atoms with Crippen LogP contribution in [-0.4, -0.2) is 36.9 Å². The van der Waals surface area contributed by atoms with Gasteiger partial charge < -0.3 is 15.2 Å². The largest absolute Gasteiger partial charge is 0.480 e. The second-order valence-corrected chi connectivity index (χ2v) is 6.16. The molecule has 22 heavy (non-hydrogen) atoms. The maximum atomic E-state index is 10.6. The van der Waals surface area contributed by atoms with Crippen LogP contribution < -0.4 is 5.32 Å². The van der Waals surface area contributed by atoms with Gasteiger partial charge in [0.05, 0.1) is 0 Å². The van der Waals surface area contributed by atoms with Gasteiger partial charge in [-0.05, 0) is 26.3 Å². The molecule has 0 amide bonds. The number of rotatable bonds is 17. The third-order valence-electron chi connectivity index (χ3n) is 3.93. The average Bonchev–Trinajstić information content (AvgIpc) is 2.50. The van der Waals surface area contributed by atoms with E-state index in [4.69, 9.17) is 9.84 Å². The van der Waals surface area contributed by atoms with Crippen molar-refractivity contribution in [2.24, 2.45) is 0 Å². The zero-order chi connectivity index (χ0) is 16.5. The molecule has 0 saturated carbocycles. The Labute approximate surface area is 137 Å². The van der Waals surface area contributed by atoms with Crippen LogP contribution in [0.5, 0.6) is 0 Å². The molecular weight excluding hydrogens is 278 g/mol. The summed E-state index contributed by atoms with van der Waals surface area (Å²) in [6.45, 7) is 6.18. The van der Waals surface area contributed by atoms with Gasteiger partial charge in [0.2, 0.25) is 0 Å². The molecule has 4 heteroatoms. The minimum Gasteiger partial charge on any atom is -0.480 e. The van der Waals surface area contributed by atoms with Crippen LogP contribution in [0.2, 0.25) is 0 Å². The maximum absolute atomic E-state index is 10.6. The van der Waals surface area contributed by atoms with Gasteiger partial charge in [-0.25, -0.2) is 0 Å². The van der Waals surface area contributed by atoms with Crippen molar-refractivity contribution in [2.45, 2.75) is 90.5 Å². The van der Waals surface area contributed by atoms with E-state index in [9.17, 15) is 4.79 Å². The first kappa shape index (κ1) is 21.4. The van der Waals surface area contributed by atoms with Gasteiger partial charge in [-0.2, -0.15) is 0 Å². The highest BCUT2D eigenvalue weighted by molar-refractivity contribution is 5.72. The molecule has 0 fully saturated rings. The van der Waals surface area contributed by atoms with Crippen molar-refractivity contribution in [1.82, 2.24) is 5.32 Å². The zero-order valence-electron chi connectivity index (χ0n) is 14.7. The van der Waals surface area contributed by atoms with E-state index in [2.05, 4.69) is 12.2 Å². The van der Waals surface area contributed by atoms with Crippen LogP contribution in [0.4, 0.5) is 0 Å². The summed E-state index contributed by atoms with van der Waals surface area (Å²) >= 11 is 0. The second kappa shape index (κ2) is 16.8. The molecule has 0 aromatic rings. The van der Waals surface area contributed by atoms with E-state index < -0.39 is 12.0 Å². The molecule has 0 aromatic heterocycles. The summed E-state index contributed by atoms with van der Waals surface area (Å²) < 4.78 is 5.56. The first-order valence-corrected chi connectivity index (χ1v) is 9.22. The van der Waals surface area contributed by atoms with Crippen LogP contribution in [0.25, 0.3) is 0 Å². The lowest BCUT2D eigenvalue weighted by Crippen LogP contribution is -2.34. The summed E-state index contributed by atoms with van der Waals surface area (Å²) in [4.78, 5) is 10.6. The van der Waals surface area contributed by atoms with Gasteiger partial charge in [0.25, 0.3) is 0 Å². The highest BCUT2D eigenvalue weighted by Crippen LogP contribution is 2.10. The number of aliphatic carboxylic acids is 1. The molecule has 0 bridgehead atoms. The number of carbonyl (C=O) groups is 1. The average molecular weight is 315 g/mol. The number of nitrogens with one attached hydrogen (secondary N) is 1. The van der Waals surface area contributed by atoms with Gasteiger partial charge in [0.1, 0.15) is 6.04 Å². The van der Waals surface area contributed by atoms with Gasteiger partial charge in [-0.1, -0.05) is 64.7 Å². The summed E-state index contributed by atoms with van der Waals surface area (Å²) in [5.74, 6) is -0.800. The maximum Gasteiger partial charge on any atom is 0.320 e. The van der Waals surface area contributed by atoms with Crippen LogP contribution in [0.1, 0.15) is 84.5 Å². The molecular formula is C18H37NO3. The first-order valence-electron chi connectivity index (χ1n) is 9.22. The summed E-state index contributed by atoms with van der Waals surface area (Å²) in [6, 6.07) is -0.470. The minimum absolute atomic E-state index is 0.470. The Balaban J connectivity index is 3.04. The number of carboxylic acid groups (broad SMARTS) is 1. The van der Waals surface area contributed by atoms with E-state index >= 15 is 0 Å². The molecule has 0 aliphatic heterocycles. The highest BCUT2D eigenvalue weighted by Gasteiger charge is 2.07. The van der Waals surface area contributed by atoms with E-state index in [0.717, 1.165) is 26.1 Å². The lowest BCUT2D eigenvalue weighted by molar-refractivity contribution is -0.139. The Morgan fingerprint density at radius 1 is 0.909 bits per heavy atom. The molecule has 1 unspecified atom stereocenters. The van der Waals surface area contributed by atoms with Crippen LogP contribution >= 0.6 is 0 Å². The Kier molecular flexibility index (Phi) is 16.3. The predicted octanol–water partition coefficient (Wildman–Crippen LogP) is 4.38. The van der Waals surface area contributed by atoms with Gasteiger partial charge in [0, 0.05) is 13.2 Å². The van der Waals surface area contributed by atoms with E-state index in [1.807, 2.05) is 0 Å². The summed E-state index contributed by atoms with van der Waals surface area (Å²) in [6.07, 6.45) is 14.3. The molecule has 2 N–H and O–H groups in total. The fraction of sp³-hybridized carbons (Fsp3) is 0.944. The quantitative estimate of drug-likeness (QED) is 0.391. The number of carboxylic acids is 1. The fourth-order valence-corrected chi connectivity index (χ4v) is 2.37. The van der Waals surface area contributed by atoms with Crippen molar-refractivity contribution >= 4 is 5.97 Å². The third kappa shape index (κ3) is 15.8. The first-order chi connectivity index (χ1) is 10.7. The number of ether oxygens (including phenoxy) is 1. The van der Waals surface area contributed by atoms with Crippen molar-refractivity contribution in [3.63, 3.8) is 0 Å². The second-order valence-electron chi connectivity index (χ2n) is 6.16. The number of hydrogen-bond donors (Lipinski definition) is 2. The van der Waals surface area contributed by atoms with E-state index in [1.165, 1.54) is 57.8 Å². The molecule has 1 atom stereocenters. The van der Waals surface area contributed by atoms with Crippen molar-refractivity contribution in [2.75, 3.05) is 19.8 Å². The molecule has 0 saturated heterocycles. The normalized spacial score (nSPS) is 12.5. The van der Waals surface area contributed by atoms with Crippen molar-refractivity contribution < 1.29 is 14.6 Å².